The van der Waals surface area contributed by atoms with E-state index in [0.29, 0.717) is 0 Å². The van der Waals surface area contributed by atoms with Crippen LogP contribution in [0.15, 0.2) is 0 Å². The second kappa shape index (κ2) is 5.76. The Balaban J connectivity index is 2.24. The van der Waals surface area contributed by atoms with Crippen molar-refractivity contribution >= 4 is 17.9 Å². The van der Waals surface area contributed by atoms with E-state index < -0.39 is 48.6 Å². The van der Waals surface area contributed by atoms with Crippen LogP contribution in [0.5, 0.6) is 0 Å². The van der Waals surface area contributed by atoms with Gasteiger partial charge < -0.3 is 23.7 Å². The Bertz CT molecular complexity index is 390. The lowest BCUT2D eigenvalue weighted by molar-refractivity contribution is -0.250. The van der Waals surface area contributed by atoms with Gasteiger partial charge in [-0.3, -0.25) is 14.4 Å². The van der Waals surface area contributed by atoms with E-state index in [1.54, 1.807) is 0 Å². The van der Waals surface area contributed by atoms with Gasteiger partial charge >= 0.3 is 17.9 Å². The Morgan fingerprint density at radius 2 is 1.35 bits per heavy atom. The second-order valence-corrected chi connectivity index (χ2v) is 4.60. The zero-order chi connectivity index (χ0) is 14.9. The molecule has 0 N–H and O–H groups in total. The van der Waals surface area contributed by atoms with Crippen LogP contribution in [0.4, 0.5) is 0 Å². The average molecular weight is 288 g/mol. The van der Waals surface area contributed by atoms with Crippen molar-refractivity contribution in [1.82, 2.24) is 0 Å². The molecule has 2 heterocycles. The first kappa shape index (κ1) is 14.7. The van der Waals surface area contributed by atoms with Crippen molar-refractivity contribution in [2.24, 2.45) is 0 Å². The van der Waals surface area contributed by atoms with Crippen molar-refractivity contribution in [3.63, 3.8) is 0 Å². The van der Waals surface area contributed by atoms with E-state index in [4.69, 9.17) is 23.7 Å². The molecule has 2 aliphatic rings. The summed E-state index contributed by atoms with van der Waals surface area (Å²) >= 11 is 0. The normalized spacial score (nSPS) is 35.2. The molecule has 5 atom stereocenters. The van der Waals surface area contributed by atoms with Gasteiger partial charge in [-0.05, 0) is 0 Å². The average Bonchev–Trinajstić information content (AvgIpc) is 2.74. The van der Waals surface area contributed by atoms with Crippen LogP contribution in [0.1, 0.15) is 20.8 Å². The van der Waals surface area contributed by atoms with E-state index in [2.05, 4.69) is 0 Å². The first-order chi connectivity index (χ1) is 9.38. The second-order valence-electron chi connectivity index (χ2n) is 4.60. The van der Waals surface area contributed by atoms with Crippen molar-refractivity contribution in [3.8, 4) is 0 Å². The molecule has 0 aliphatic carbocycles. The van der Waals surface area contributed by atoms with Gasteiger partial charge in [-0.25, -0.2) is 0 Å². The quantitative estimate of drug-likeness (QED) is 0.508. The van der Waals surface area contributed by atoms with E-state index in [9.17, 15) is 14.4 Å². The minimum Gasteiger partial charge on any atom is -0.456 e. The molecule has 2 fully saturated rings. The van der Waals surface area contributed by atoms with Crippen LogP contribution in [-0.4, -0.2) is 55.2 Å². The zero-order valence-electron chi connectivity index (χ0n) is 11.4. The van der Waals surface area contributed by atoms with Gasteiger partial charge in [0.1, 0.15) is 6.10 Å². The summed E-state index contributed by atoms with van der Waals surface area (Å²) in [5, 5.41) is 0. The Kier molecular flexibility index (Phi) is 4.24. The van der Waals surface area contributed by atoms with Crippen molar-refractivity contribution in [1.29, 1.82) is 0 Å². The van der Waals surface area contributed by atoms with Gasteiger partial charge in [-0.1, -0.05) is 0 Å². The van der Waals surface area contributed by atoms with Gasteiger partial charge in [-0.15, -0.1) is 0 Å². The van der Waals surface area contributed by atoms with E-state index in [1.807, 2.05) is 0 Å². The third-order valence-corrected chi connectivity index (χ3v) is 2.92. The van der Waals surface area contributed by atoms with Gasteiger partial charge in [0.2, 0.25) is 0 Å². The number of carbonyl (C=O) groups excluding carboxylic acids is 3. The SMILES string of the molecule is CC(=O)O[C@H]1[C@H](OC(C)=O)[C@@H]2OC[C@@H](O2)[C@@H]1OC(C)=O. The van der Waals surface area contributed by atoms with Crippen LogP contribution in [0.3, 0.4) is 0 Å². The Labute approximate surface area is 115 Å². The van der Waals surface area contributed by atoms with Gasteiger partial charge in [0.15, 0.2) is 24.6 Å². The molecule has 8 heteroatoms. The number of carbonyl (C=O) groups is 3. The summed E-state index contributed by atoms with van der Waals surface area (Å²) in [5.41, 5.74) is 0. The molecule has 20 heavy (non-hydrogen) atoms. The number of esters is 3. The highest BCUT2D eigenvalue weighted by molar-refractivity contribution is 5.68. The van der Waals surface area contributed by atoms with E-state index in [1.165, 1.54) is 20.8 Å². The van der Waals surface area contributed by atoms with Gasteiger partial charge in [-0.2, -0.15) is 0 Å². The Morgan fingerprint density at radius 3 is 1.90 bits per heavy atom. The van der Waals surface area contributed by atoms with Crippen molar-refractivity contribution in [2.45, 2.75) is 51.5 Å². The maximum absolute atomic E-state index is 11.2. The third kappa shape index (κ3) is 3.07. The largest absolute Gasteiger partial charge is 0.456 e. The van der Waals surface area contributed by atoms with E-state index in [0.717, 1.165) is 0 Å². The zero-order valence-corrected chi connectivity index (χ0v) is 11.4. The van der Waals surface area contributed by atoms with Crippen molar-refractivity contribution < 1.29 is 38.1 Å². The summed E-state index contributed by atoms with van der Waals surface area (Å²) in [6.45, 7) is 3.83. The van der Waals surface area contributed by atoms with Crippen molar-refractivity contribution in [3.05, 3.63) is 0 Å². The van der Waals surface area contributed by atoms with Crippen LogP contribution in [0.25, 0.3) is 0 Å². The van der Waals surface area contributed by atoms with E-state index >= 15 is 0 Å². The minimum atomic E-state index is -0.973. The summed E-state index contributed by atoms with van der Waals surface area (Å²) in [6.07, 6.45) is -4.19. The standard InChI is InChI=1S/C12H16O8/c1-5(13)17-9-8-4-16-12(20-8)11(19-7(3)15)10(9)18-6(2)14/h8-12H,4H2,1-3H3/t8-,9+,10-,11+,12-/m1/s1. The molecule has 0 aromatic heterocycles. The molecule has 0 spiro atoms. The highest BCUT2D eigenvalue weighted by Gasteiger charge is 2.55. The highest BCUT2D eigenvalue weighted by Crippen LogP contribution is 2.33. The summed E-state index contributed by atoms with van der Waals surface area (Å²) < 4.78 is 26.2. The molecule has 2 rings (SSSR count). The predicted molar refractivity (Wildman–Crippen MR) is 61.3 cm³/mol. The molecule has 2 bridgehead atoms. The summed E-state index contributed by atoms with van der Waals surface area (Å²) in [5.74, 6) is -1.71. The van der Waals surface area contributed by atoms with Crippen molar-refractivity contribution in [2.75, 3.05) is 6.61 Å². The van der Waals surface area contributed by atoms with Gasteiger partial charge in [0.25, 0.3) is 0 Å². The van der Waals surface area contributed by atoms with Crippen LogP contribution < -0.4 is 0 Å². The smallest absolute Gasteiger partial charge is 0.303 e. The maximum Gasteiger partial charge on any atom is 0.303 e. The molecule has 0 aromatic rings. The lowest BCUT2D eigenvalue weighted by atomic mass is 10.00. The molecule has 8 nitrogen and oxygen atoms in total. The number of rotatable bonds is 3. The molecule has 0 radical (unpaired) electrons. The first-order valence-corrected chi connectivity index (χ1v) is 6.17. The monoisotopic (exact) mass is 288 g/mol. The minimum absolute atomic E-state index is 0.165. The predicted octanol–water partition coefficient (Wildman–Crippen LogP) is -0.463. The molecule has 2 saturated heterocycles. The molecule has 2 aliphatic heterocycles. The topological polar surface area (TPSA) is 97.4 Å². The Hall–Kier alpha value is -1.67. The van der Waals surface area contributed by atoms with Crippen LogP contribution in [-0.2, 0) is 38.1 Å². The molecular weight excluding hydrogens is 272 g/mol. The van der Waals surface area contributed by atoms with Crippen LogP contribution in [0.2, 0.25) is 0 Å². The number of fused-ring (bicyclic) bond motifs is 2. The van der Waals surface area contributed by atoms with Gasteiger partial charge in [0, 0.05) is 20.8 Å². The molecular formula is C12H16O8. The Morgan fingerprint density at radius 1 is 0.850 bits per heavy atom. The summed E-state index contributed by atoms with van der Waals surface area (Å²) in [7, 11) is 0. The van der Waals surface area contributed by atoms with Gasteiger partial charge in [0.05, 0.1) is 6.61 Å². The van der Waals surface area contributed by atoms with Crippen LogP contribution >= 0.6 is 0 Å². The summed E-state index contributed by atoms with van der Waals surface area (Å²) in [6, 6.07) is 0. The van der Waals surface area contributed by atoms with E-state index in [-0.39, 0.29) is 6.61 Å². The molecule has 0 unspecified atom stereocenters. The molecule has 0 aromatic carbocycles. The maximum atomic E-state index is 11.2. The third-order valence-electron chi connectivity index (χ3n) is 2.92. The number of hydrogen-bond donors (Lipinski definition) is 0. The van der Waals surface area contributed by atoms with Crippen LogP contribution in [0, 0.1) is 0 Å². The number of hydrogen-bond acceptors (Lipinski definition) is 8. The molecule has 0 saturated carbocycles. The highest BCUT2D eigenvalue weighted by atomic mass is 16.8. The molecule has 0 amide bonds. The number of ether oxygens (including phenoxy) is 5. The lowest BCUT2D eigenvalue weighted by Crippen LogP contribution is -2.58. The fourth-order valence-corrected chi connectivity index (χ4v) is 2.31. The fourth-order valence-electron chi connectivity index (χ4n) is 2.31. The first-order valence-electron chi connectivity index (χ1n) is 6.17. The molecule has 112 valence electrons. The fraction of sp³-hybridized carbons (Fsp3) is 0.750. The summed E-state index contributed by atoms with van der Waals surface area (Å²) in [4.78, 5) is 33.6. The lowest BCUT2D eigenvalue weighted by Gasteiger charge is -2.38.